The summed E-state index contributed by atoms with van der Waals surface area (Å²) in [5.41, 5.74) is 2.33. The lowest BCUT2D eigenvalue weighted by Crippen LogP contribution is -2.24. The number of benzene rings is 1. The average molecular weight is 383 g/mol. The van der Waals surface area contributed by atoms with Crippen molar-refractivity contribution >= 4 is 34.2 Å². The van der Waals surface area contributed by atoms with Crippen molar-refractivity contribution in [1.82, 2.24) is 9.88 Å². The maximum atomic E-state index is 12.5. The van der Waals surface area contributed by atoms with Gasteiger partial charge in [-0.15, -0.1) is 11.3 Å². The predicted octanol–water partition coefficient (Wildman–Crippen LogP) is 3.60. The van der Waals surface area contributed by atoms with Gasteiger partial charge in [0.25, 0.3) is 11.8 Å². The Morgan fingerprint density at radius 3 is 2.78 bits per heavy atom. The van der Waals surface area contributed by atoms with E-state index >= 15 is 0 Å². The van der Waals surface area contributed by atoms with E-state index in [9.17, 15) is 14.4 Å². The van der Waals surface area contributed by atoms with Crippen molar-refractivity contribution in [3.05, 3.63) is 46.0 Å². The maximum absolute atomic E-state index is 12.5. The van der Waals surface area contributed by atoms with E-state index in [1.807, 2.05) is 5.38 Å². The zero-order chi connectivity index (χ0) is 19.0. The van der Waals surface area contributed by atoms with Crippen molar-refractivity contribution in [2.24, 2.45) is 0 Å². The van der Waals surface area contributed by atoms with Crippen LogP contribution >= 0.6 is 11.3 Å². The fourth-order valence-electron chi connectivity index (χ4n) is 3.88. The maximum Gasteiger partial charge on any atom is 0.261 e. The van der Waals surface area contributed by atoms with Gasteiger partial charge in [-0.25, -0.2) is 4.98 Å². The van der Waals surface area contributed by atoms with E-state index in [-0.39, 0.29) is 24.1 Å². The summed E-state index contributed by atoms with van der Waals surface area (Å²) in [4.78, 5) is 42.5. The van der Waals surface area contributed by atoms with E-state index in [2.05, 4.69) is 10.3 Å². The molecule has 1 aromatic carbocycles. The molecule has 7 heteroatoms. The van der Waals surface area contributed by atoms with Gasteiger partial charge in [0.2, 0.25) is 5.91 Å². The summed E-state index contributed by atoms with van der Waals surface area (Å²) in [5.74, 6) is -0.415. The molecule has 0 radical (unpaired) electrons. The molecule has 1 fully saturated rings. The second kappa shape index (κ2) is 7.23. The lowest BCUT2D eigenvalue weighted by molar-refractivity contribution is -0.115. The number of amides is 3. The molecule has 27 heavy (non-hydrogen) atoms. The molecule has 0 bridgehead atoms. The molecule has 1 N–H and O–H groups in total. The summed E-state index contributed by atoms with van der Waals surface area (Å²) < 4.78 is 0. The van der Waals surface area contributed by atoms with Crippen LogP contribution in [0.3, 0.4) is 0 Å². The third kappa shape index (κ3) is 3.39. The summed E-state index contributed by atoms with van der Waals surface area (Å²) in [5, 5.41) is 5.46. The lowest BCUT2D eigenvalue weighted by Gasteiger charge is -2.19. The molecule has 1 aliphatic heterocycles. The summed E-state index contributed by atoms with van der Waals surface area (Å²) in [7, 11) is 1.46. The summed E-state index contributed by atoms with van der Waals surface area (Å²) in [6.45, 7) is 0. The van der Waals surface area contributed by atoms with Gasteiger partial charge in [0.05, 0.1) is 23.2 Å². The quantitative estimate of drug-likeness (QED) is 0.818. The van der Waals surface area contributed by atoms with Gasteiger partial charge in [-0.2, -0.15) is 0 Å². The van der Waals surface area contributed by atoms with Gasteiger partial charge in [-0.3, -0.25) is 19.3 Å². The third-order valence-electron chi connectivity index (χ3n) is 5.35. The molecule has 0 spiro atoms. The summed E-state index contributed by atoms with van der Waals surface area (Å²) >= 11 is 1.44. The monoisotopic (exact) mass is 383 g/mol. The van der Waals surface area contributed by atoms with Crippen LogP contribution in [0.25, 0.3) is 0 Å². The smallest absolute Gasteiger partial charge is 0.261 e. The number of anilines is 1. The Hall–Kier alpha value is -2.54. The Labute approximate surface area is 161 Å². The molecule has 2 aliphatic rings. The Bertz CT molecular complexity index is 915. The Morgan fingerprint density at radius 1 is 1.22 bits per heavy atom. The van der Waals surface area contributed by atoms with Crippen LogP contribution < -0.4 is 5.32 Å². The molecule has 6 nitrogen and oxygen atoms in total. The van der Waals surface area contributed by atoms with Crippen molar-refractivity contribution < 1.29 is 14.4 Å². The van der Waals surface area contributed by atoms with E-state index in [0.29, 0.717) is 27.7 Å². The molecular weight excluding hydrogens is 362 g/mol. The zero-order valence-electron chi connectivity index (χ0n) is 15.2. The highest BCUT2D eigenvalue weighted by atomic mass is 32.1. The van der Waals surface area contributed by atoms with Gasteiger partial charge in [-0.05, 0) is 24.5 Å². The Kier molecular flexibility index (Phi) is 4.78. The number of carbonyl (C=O) groups excluding carboxylic acids is 3. The van der Waals surface area contributed by atoms with Crippen LogP contribution in [0.1, 0.15) is 70.0 Å². The first kappa shape index (κ1) is 17.9. The van der Waals surface area contributed by atoms with Gasteiger partial charge in [0.1, 0.15) is 0 Å². The molecule has 1 saturated carbocycles. The molecule has 2 aromatic rings. The van der Waals surface area contributed by atoms with Crippen molar-refractivity contribution in [3.63, 3.8) is 0 Å². The van der Waals surface area contributed by atoms with Gasteiger partial charge in [-0.1, -0.05) is 31.4 Å². The highest BCUT2D eigenvalue weighted by Gasteiger charge is 2.34. The fourth-order valence-corrected chi connectivity index (χ4v) is 4.69. The molecule has 0 saturated heterocycles. The number of nitrogens with one attached hydrogen (secondary N) is 1. The lowest BCUT2D eigenvalue weighted by atomic mass is 9.87. The van der Waals surface area contributed by atoms with Crippen LogP contribution in [0.5, 0.6) is 0 Å². The van der Waals surface area contributed by atoms with Crippen molar-refractivity contribution in [1.29, 1.82) is 0 Å². The number of hydrogen-bond acceptors (Lipinski definition) is 5. The van der Waals surface area contributed by atoms with Crippen molar-refractivity contribution in [2.75, 3.05) is 12.4 Å². The van der Waals surface area contributed by atoms with E-state index in [1.165, 1.54) is 37.6 Å². The number of carbonyl (C=O) groups is 3. The van der Waals surface area contributed by atoms with Crippen LogP contribution in [-0.4, -0.2) is 34.7 Å². The van der Waals surface area contributed by atoms with Crippen LogP contribution in [-0.2, 0) is 11.2 Å². The molecule has 1 aliphatic carbocycles. The number of fused-ring (bicyclic) bond motifs is 1. The minimum Gasteiger partial charge on any atom is -0.302 e. The summed E-state index contributed by atoms with van der Waals surface area (Å²) in [6, 6.07) is 5.05. The SMILES string of the molecule is CN1C(=O)c2cccc(CC(=O)Nc3nc(C4CCCCC4)cs3)c2C1=O. The molecule has 0 unspecified atom stereocenters. The number of nitrogens with zero attached hydrogens (tertiary/aromatic N) is 2. The van der Waals surface area contributed by atoms with E-state index < -0.39 is 0 Å². The second-order valence-corrected chi connectivity index (χ2v) is 8.00. The Morgan fingerprint density at radius 2 is 2.00 bits per heavy atom. The van der Waals surface area contributed by atoms with E-state index in [0.717, 1.165) is 23.4 Å². The molecule has 1 aromatic heterocycles. The van der Waals surface area contributed by atoms with E-state index in [1.54, 1.807) is 18.2 Å². The molecule has 140 valence electrons. The minimum absolute atomic E-state index is 0.0361. The normalized spacial score (nSPS) is 17.3. The molecular formula is C20H21N3O3S. The molecule has 2 heterocycles. The first-order chi connectivity index (χ1) is 13.0. The molecule has 3 amide bonds. The minimum atomic E-state index is -0.354. The Balaban J connectivity index is 1.46. The molecule has 4 rings (SSSR count). The largest absolute Gasteiger partial charge is 0.302 e. The zero-order valence-corrected chi connectivity index (χ0v) is 16.0. The molecule has 0 atom stereocenters. The van der Waals surface area contributed by atoms with Crippen LogP contribution in [0, 0.1) is 0 Å². The topological polar surface area (TPSA) is 79.4 Å². The number of hydrogen-bond donors (Lipinski definition) is 1. The second-order valence-electron chi connectivity index (χ2n) is 7.15. The van der Waals surface area contributed by atoms with Gasteiger partial charge >= 0.3 is 0 Å². The van der Waals surface area contributed by atoms with Crippen molar-refractivity contribution in [2.45, 2.75) is 44.4 Å². The average Bonchev–Trinajstić information content (AvgIpc) is 3.22. The first-order valence-corrected chi connectivity index (χ1v) is 10.1. The third-order valence-corrected chi connectivity index (χ3v) is 6.12. The standard InChI is InChI=1S/C20H21N3O3S/c1-23-18(25)14-9-5-8-13(17(14)19(23)26)10-16(24)22-20-21-15(11-27-20)12-6-3-2-4-7-12/h5,8-9,11-12H,2-4,6-7,10H2,1H3,(H,21,22,24). The predicted molar refractivity (Wildman–Crippen MR) is 103 cm³/mol. The van der Waals surface area contributed by atoms with E-state index in [4.69, 9.17) is 0 Å². The number of imide groups is 1. The highest BCUT2D eigenvalue weighted by molar-refractivity contribution is 7.13. The van der Waals surface area contributed by atoms with Gasteiger partial charge in [0.15, 0.2) is 5.13 Å². The van der Waals surface area contributed by atoms with Crippen LogP contribution in [0.4, 0.5) is 5.13 Å². The summed E-state index contributed by atoms with van der Waals surface area (Å²) in [6.07, 6.45) is 6.14. The fraction of sp³-hybridized carbons (Fsp3) is 0.400. The van der Waals surface area contributed by atoms with Gasteiger partial charge < -0.3 is 5.32 Å². The van der Waals surface area contributed by atoms with Crippen LogP contribution in [0.2, 0.25) is 0 Å². The number of aromatic nitrogens is 1. The van der Waals surface area contributed by atoms with Crippen molar-refractivity contribution in [3.8, 4) is 0 Å². The van der Waals surface area contributed by atoms with Gasteiger partial charge in [0, 0.05) is 18.3 Å². The highest BCUT2D eigenvalue weighted by Crippen LogP contribution is 2.34. The number of thiazole rings is 1. The van der Waals surface area contributed by atoms with Crippen LogP contribution in [0.15, 0.2) is 23.6 Å². The first-order valence-electron chi connectivity index (χ1n) is 9.24. The number of rotatable bonds is 4.